The molecule has 0 saturated carbocycles. The SMILES string of the molecule is CCC1CCCCCN1c1ccc(Cl)c(CNC)n1. The number of hydrogen-bond acceptors (Lipinski definition) is 3. The molecule has 1 atom stereocenters. The van der Waals surface area contributed by atoms with E-state index in [1.165, 1.54) is 32.1 Å². The molecule has 0 radical (unpaired) electrons. The first-order valence-electron chi connectivity index (χ1n) is 7.33. The fourth-order valence-electron chi connectivity index (χ4n) is 2.83. The molecule has 1 aromatic rings. The predicted molar refractivity (Wildman–Crippen MR) is 81.9 cm³/mol. The fourth-order valence-corrected chi connectivity index (χ4v) is 3.00. The Kier molecular flexibility index (Phi) is 5.46. The quantitative estimate of drug-likeness (QED) is 0.914. The van der Waals surface area contributed by atoms with E-state index in [2.05, 4.69) is 23.2 Å². The van der Waals surface area contributed by atoms with Crippen LogP contribution in [0.1, 0.15) is 44.7 Å². The highest BCUT2D eigenvalue weighted by Gasteiger charge is 2.21. The van der Waals surface area contributed by atoms with Crippen molar-refractivity contribution in [1.82, 2.24) is 10.3 Å². The Labute approximate surface area is 121 Å². The monoisotopic (exact) mass is 281 g/mol. The number of anilines is 1. The molecule has 106 valence electrons. The summed E-state index contributed by atoms with van der Waals surface area (Å²) in [5.41, 5.74) is 0.945. The summed E-state index contributed by atoms with van der Waals surface area (Å²) in [4.78, 5) is 7.23. The minimum Gasteiger partial charge on any atom is -0.354 e. The maximum Gasteiger partial charge on any atom is 0.129 e. The summed E-state index contributed by atoms with van der Waals surface area (Å²) in [6.07, 6.45) is 6.41. The Bertz CT molecular complexity index is 408. The third-order valence-corrected chi connectivity index (χ3v) is 4.23. The zero-order valence-electron chi connectivity index (χ0n) is 12.0. The second-order valence-electron chi connectivity index (χ2n) is 5.23. The largest absolute Gasteiger partial charge is 0.354 e. The summed E-state index contributed by atoms with van der Waals surface area (Å²) < 4.78 is 0. The van der Waals surface area contributed by atoms with Gasteiger partial charge in [-0.05, 0) is 38.4 Å². The molecule has 2 rings (SSSR count). The van der Waals surface area contributed by atoms with Crippen LogP contribution in [-0.4, -0.2) is 24.6 Å². The first kappa shape index (κ1) is 14.6. The van der Waals surface area contributed by atoms with Gasteiger partial charge in [-0.15, -0.1) is 0 Å². The third kappa shape index (κ3) is 3.61. The minimum absolute atomic E-state index is 0.624. The van der Waals surface area contributed by atoms with Crippen LogP contribution in [0.2, 0.25) is 5.02 Å². The molecule has 3 nitrogen and oxygen atoms in total. The molecule has 0 spiro atoms. The second-order valence-corrected chi connectivity index (χ2v) is 5.64. The fraction of sp³-hybridized carbons (Fsp3) is 0.667. The lowest BCUT2D eigenvalue weighted by Gasteiger charge is -2.30. The lowest BCUT2D eigenvalue weighted by Crippen LogP contribution is -2.35. The van der Waals surface area contributed by atoms with Crippen LogP contribution in [0.25, 0.3) is 0 Å². The van der Waals surface area contributed by atoms with Crippen molar-refractivity contribution < 1.29 is 0 Å². The van der Waals surface area contributed by atoms with Crippen molar-refractivity contribution in [1.29, 1.82) is 0 Å². The maximum atomic E-state index is 6.20. The first-order chi connectivity index (χ1) is 9.26. The maximum absolute atomic E-state index is 6.20. The van der Waals surface area contributed by atoms with Crippen molar-refractivity contribution in [2.75, 3.05) is 18.5 Å². The highest BCUT2D eigenvalue weighted by molar-refractivity contribution is 6.31. The number of halogens is 1. The molecule has 1 aliphatic rings. The summed E-state index contributed by atoms with van der Waals surface area (Å²) in [6.45, 7) is 4.11. The topological polar surface area (TPSA) is 28.2 Å². The van der Waals surface area contributed by atoms with E-state index in [4.69, 9.17) is 16.6 Å². The van der Waals surface area contributed by atoms with Crippen molar-refractivity contribution in [3.05, 3.63) is 22.8 Å². The Morgan fingerprint density at radius 3 is 2.95 bits per heavy atom. The van der Waals surface area contributed by atoms with Crippen LogP contribution in [0.3, 0.4) is 0 Å². The molecule has 4 heteroatoms. The van der Waals surface area contributed by atoms with Crippen molar-refractivity contribution in [3.8, 4) is 0 Å². The van der Waals surface area contributed by atoms with Gasteiger partial charge in [-0.3, -0.25) is 0 Å². The van der Waals surface area contributed by atoms with Gasteiger partial charge in [0.25, 0.3) is 0 Å². The molecule has 1 fully saturated rings. The van der Waals surface area contributed by atoms with Crippen LogP contribution in [0.5, 0.6) is 0 Å². The lowest BCUT2D eigenvalue weighted by molar-refractivity contribution is 0.551. The van der Waals surface area contributed by atoms with Crippen molar-refractivity contribution in [2.45, 2.75) is 51.6 Å². The van der Waals surface area contributed by atoms with E-state index in [1.807, 2.05) is 13.1 Å². The molecular formula is C15H24ClN3. The molecule has 1 unspecified atom stereocenters. The average Bonchev–Trinajstić information content (AvgIpc) is 2.66. The summed E-state index contributed by atoms with van der Waals surface area (Å²) in [7, 11) is 1.92. The summed E-state index contributed by atoms with van der Waals surface area (Å²) in [5.74, 6) is 1.09. The molecule has 0 aliphatic carbocycles. The molecule has 0 amide bonds. The molecule has 1 aliphatic heterocycles. The smallest absolute Gasteiger partial charge is 0.129 e. The number of nitrogens with one attached hydrogen (secondary N) is 1. The van der Waals surface area contributed by atoms with Crippen LogP contribution in [0, 0.1) is 0 Å². The zero-order chi connectivity index (χ0) is 13.7. The third-order valence-electron chi connectivity index (χ3n) is 3.89. The normalized spacial score (nSPS) is 20.4. The number of aromatic nitrogens is 1. The Morgan fingerprint density at radius 1 is 1.37 bits per heavy atom. The number of rotatable bonds is 4. The number of pyridine rings is 1. The van der Waals surface area contributed by atoms with E-state index in [9.17, 15) is 0 Å². The molecule has 0 aromatic carbocycles. The molecular weight excluding hydrogens is 258 g/mol. The van der Waals surface area contributed by atoms with Crippen LogP contribution >= 0.6 is 11.6 Å². The van der Waals surface area contributed by atoms with Gasteiger partial charge in [-0.1, -0.05) is 31.4 Å². The zero-order valence-corrected chi connectivity index (χ0v) is 12.7. The van der Waals surface area contributed by atoms with Crippen LogP contribution in [-0.2, 0) is 6.54 Å². The molecule has 1 aromatic heterocycles. The van der Waals surface area contributed by atoms with Gasteiger partial charge < -0.3 is 10.2 Å². The van der Waals surface area contributed by atoms with Crippen molar-refractivity contribution >= 4 is 17.4 Å². The van der Waals surface area contributed by atoms with E-state index in [0.717, 1.165) is 29.6 Å². The van der Waals surface area contributed by atoms with Crippen molar-refractivity contribution in [3.63, 3.8) is 0 Å². The number of nitrogens with zero attached hydrogens (tertiary/aromatic N) is 2. The molecule has 1 N–H and O–H groups in total. The van der Waals surface area contributed by atoms with Gasteiger partial charge in [0.15, 0.2) is 0 Å². The van der Waals surface area contributed by atoms with E-state index >= 15 is 0 Å². The summed E-state index contributed by atoms with van der Waals surface area (Å²) >= 11 is 6.20. The van der Waals surface area contributed by atoms with Gasteiger partial charge in [0, 0.05) is 19.1 Å². The summed E-state index contributed by atoms with van der Waals surface area (Å²) in [6, 6.07) is 4.67. The van der Waals surface area contributed by atoms with Crippen LogP contribution < -0.4 is 10.2 Å². The van der Waals surface area contributed by atoms with Crippen LogP contribution in [0.4, 0.5) is 5.82 Å². The van der Waals surface area contributed by atoms with E-state index in [1.54, 1.807) is 0 Å². The van der Waals surface area contributed by atoms with Gasteiger partial charge in [0.05, 0.1) is 10.7 Å². The van der Waals surface area contributed by atoms with E-state index in [0.29, 0.717) is 6.04 Å². The minimum atomic E-state index is 0.624. The molecule has 2 heterocycles. The summed E-state index contributed by atoms with van der Waals surface area (Å²) in [5, 5.41) is 3.88. The van der Waals surface area contributed by atoms with E-state index < -0.39 is 0 Å². The molecule has 1 saturated heterocycles. The van der Waals surface area contributed by atoms with Crippen molar-refractivity contribution in [2.24, 2.45) is 0 Å². The van der Waals surface area contributed by atoms with Gasteiger partial charge >= 0.3 is 0 Å². The number of hydrogen-bond donors (Lipinski definition) is 1. The molecule has 19 heavy (non-hydrogen) atoms. The lowest BCUT2D eigenvalue weighted by atomic mass is 10.1. The Morgan fingerprint density at radius 2 is 2.21 bits per heavy atom. The van der Waals surface area contributed by atoms with Gasteiger partial charge in [-0.25, -0.2) is 4.98 Å². The van der Waals surface area contributed by atoms with Gasteiger partial charge in [-0.2, -0.15) is 0 Å². The average molecular weight is 282 g/mol. The Balaban J connectivity index is 2.25. The standard InChI is InChI=1S/C15H24ClN3/c1-3-12-7-5-4-6-10-19(12)15-9-8-13(16)14(18-15)11-17-2/h8-9,12,17H,3-7,10-11H2,1-2H3. The van der Waals surface area contributed by atoms with Gasteiger partial charge in [0.1, 0.15) is 5.82 Å². The Hall–Kier alpha value is -0.800. The van der Waals surface area contributed by atoms with E-state index in [-0.39, 0.29) is 0 Å². The molecule has 0 bridgehead atoms. The highest BCUT2D eigenvalue weighted by Crippen LogP contribution is 2.26. The van der Waals surface area contributed by atoms with Gasteiger partial charge in [0.2, 0.25) is 0 Å². The first-order valence-corrected chi connectivity index (χ1v) is 7.70. The predicted octanol–water partition coefficient (Wildman–Crippen LogP) is 3.61. The van der Waals surface area contributed by atoms with Crippen LogP contribution in [0.15, 0.2) is 12.1 Å². The second kappa shape index (κ2) is 7.11. The highest BCUT2D eigenvalue weighted by atomic mass is 35.5.